The molecule has 0 fully saturated rings. The van der Waals surface area contributed by atoms with Crippen molar-refractivity contribution in [3.8, 4) is 11.5 Å². The van der Waals surface area contributed by atoms with E-state index >= 15 is 0 Å². The molecule has 34 heavy (non-hydrogen) atoms. The zero-order valence-electron chi connectivity index (χ0n) is 19.0. The Kier molecular flexibility index (Phi) is 6.93. The molecule has 7 heteroatoms. The number of carbonyl (C=O) groups excluding carboxylic acids is 1. The second-order valence-corrected chi connectivity index (χ2v) is 8.06. The first-order valence-corrected chi connectivity index (χ1v) is 10.9. The van der Waals surface area contributed by atoms with Crippen LogP contribution >= 0.6 is 0 Å². The van der Waals surface area contributed by atoms with Crippen LogP contribution in [0.5, 0.6) is 11.5 Å². The van der Waals surface area contributed by atoms with Gasteiger partial charge in [0.05, 0.1) is 20.3 Å². The van der Waals surface area contributed by atoms with Gasteiger partial charge in [0.25, 0.3) is 0 Å². The largest absolute Gasteiger partial charge is 0.493 e. The lowest BCUT2D eigenvalue weighted by Crippen LogP contribution is -2.43. The molecule has 3 aromatic rings. The fraction of sp³-hybridized carbons (Fsp3) is 0.222. The van der Waals surface area contributed by atoms with Crippen LogP contribution in [0.4, 0.5) is 8.78 Å². The number of fused-ring (bicyclic) bond motifs is 1. The van der Waals surface area contributed by atoms with Gasteiger partial charge in [-0.1, -0.05) is 54.6 Å². The van der Waals surface area contributed by atoms with Crippen molar-refractivity contribution in [2.45, 2.75) is 18.5 Å². The Morgan fingerprint density at radius 1 is 1.06 bits per heavy atom. The van der Waals surface area contributed by atoms with Crippen LogP contribution in [0.25, 0.3) is 6.08 Å². The fourth-order valence-electron chi connectivity index (χ4n) is 4.50. The number of ether oxygens (including phenoxy) is 2. The van der Waals surface area contributed by atoms with Gasteiger partial charge in [0, 0.05) is 12.1 Å². The van der Waals surface area contributed by atoms with Crippen molar-refractivity contribution in [3.63, 3.8) is 0 Å². The number of nitrogens with zero attached hydrogens (tertiary/aromatic N) is 1. The minimum Gasteiger partial charge on any atom is -0.493 e. The highest BCUT2D eigenvalue weighted by Crippen LogP contribution is 2.42. The predicted molar refractivity (Wildman–Crippen MR) is 126 cm³/mol. The standard InChI is InChI=1S/C27H26F2N2O3/c1-33-23-15-19-13-14-31(26(27(30)32)18-7-4-3-5-8-18)22(20(19)16-24(23)34-2)12-11-17-9-6-10-21(28)25(17)29/h3-12,15-16,22,26H,13-14H2,1-2H3,(H2,30,32)/b12-11+. The van der Waals surface area contributed by atoms with Crippen molar-refractivity contribution in [1.29, 1.82) is 0 Å². The summed E-state index contributed by atoms with van der Waals surface area (Å²) >= 11 is 0. The van der Waals surface area contributed by atoms with E-state index in [9.17, 15) is 13.6 Å². The van der Waals surface area contributed by atoms with Gasteiger partial charge in [-0.3, -0.25) is 9.69 Å². The lowest BCUT2D eigenvalue weighted by atomic mass is 9.88. The van der Waals surface area contributed by atoms with E-state index in [0.29, 0.717) is 24.5 Å². The molecule has 0 saturated heterocycles. The molecule has 5 nitrogen and oxygen atoms in total. The third kappa shape index (κ3) is 4.52. The SMILES string of the molecule is COc1cc2c(cc1OC)C(/C=C/c1cccc(F)c1F)N(C(C(N)=O)c1ccccc1)CC2. The Labute approximate surface area is 197 Å². The van der Waals surface area contributed by atoms with Gasteiger partial charge >= 0.3 is 0 Å². The molecule has 3 aromatic carbocycles. The minimum absolute atomic E-state index is 0.114. The fourth-order valence-corrected chi connectivity index (χ4v) is 4.50. The van der Waals surface area contributed by atoms with E-state index in [0.717, 1.165) is 22.8 Å². The van der Waals surface area contributed by atoms with Crippen LogP contribution < -0.4 is 15.2 Å². The molecule has 0 aliphatic carbocycles. The average Bonchev–Trinajstić information content (AvgIpc) is 2.85. The Morgan fingerprint density at radius 3 is 2.44 bits per heavy atom. The second-order valence-electron chi connectivity index (χ2n) is 8.06. The first kappa shape index (κ1) is 23.4. The summed E-state index contributed by atoms with van der Waals surface area (Å²) in [4.78, 5) is 14.6. The van der Waals surface area contributed by atoms with Crippen molar-refractivity contribution in [3.05, 3.63) is 101 Å². The van der Waals surface area contributed by atoms with Crippen LogP contribution in [0.3, 0.4) is 0 Å². The summed E-state index contributed by atoms with van der Waals surface area (Å²) in [5, 5.41) is 0. The number of carbonyl (C=O) groups is 1. The molecule has 0 saturated carbocycles. The molecule has 1 heterocycles. The highest BCUT2D eigenvalue weighted by Gasteiger charge is 2.35. The number of methoxy groups -OCH3 is 2. The van der Waals surface area contributed by atoms with Crippen LogP contribution in [0.2, 0.25) is 0 Å². The van der Waals surface area contributed by atoms with E-state index in [4.69, 9.17) is 15.2 Å². The van der Waals surface area contributed by atoms with Gasteiger partial charge in [-0.25, -0.2) is 8.78 Å². The zero-order chi connectivity index (χ0) is 24.2. The summed E-state index contributed by atoms with van der Waals surface area (Å²) in [5.41, 5.74) is 8.64. The molecule has 0 radical (unpaired) electrons. The molecular formula is C27H26F2N2O3. The highest BCUT2D eigenvalue weighted by atomic mass is 19.2. The number of hydrogen-bond acceptors (Lipinski definition) is 4. The zero-order valence-corrected chi connectivity index (χ0v) is 19.0. The third-order valence-electron chi connectivity index (χ3n) is 6.12. The topological polar surface area (TPSA) is 64.8 Å². The van der Waals surface area contributed by atoms with Gasteiger partial charge in [0.2, 0.25) is 5.91 Å². The van der Waals surface area contributed by atoms with E-state index in [1.807, 2.05) is 47.4 Å². The predicted octanol–water partition coefficient (Wildman–Crippen LogP) is 4.82. The summed E-state index contributed by atoms with van der Waals surface area (Å²) in [6.07, 6.45) is 3.94. The van der Waals surface area contributed by atoms with E-state index in [1.165, 1.54) is 18.2 Å². The van der Waals surface area contributed by atoms with Crippen LogP contribution in [0.1, 0.15) is 34.3 Å². The summed E-state index contributed by atoms with van der Waals surface area (Å²) in [6.45, 7) is 0.519. The summed E-state index contributed by atoms with van der Waals surface area (Å²) in [5.74, 6) is -1.21. The molecule has 1 aliphatic heterocycles. The Balaban J connectivity index is 1.85. The normalized spacial score (nSPS) is 16.8. The molecule has 2 unspecified atom stereocenters. The highest BCUT2D eigenvalue weighted by molar-refractivity contribution is 5.81. The maximum Gasteiger partial charge on any atom is 0.239 e. The van der Waals surface area contributed by atoms with Gasteiger partial charge < -0.3 is 15.2 Å². The van der Waals surface area contributed by atoms with Crippen molar-refractivity contribution >= 4 is 12.0 Å². The Hall–Kier alpha value is -3.71. The molecule has 0 aromatic heterocycles. The van der Waals surface area contributed by atoms with E-state index in [1.54, 1.807) is 20.3 Å². The molecule has 0 bridgehead atoms. The number of nitrogens with two attached hydrogens (primary N) is 1. The summed E-state index contributed by atoms with van der Waals surface area (Å²) in [7, 11) is 3.12. The molecule has 2 atom stereocenters. The van der Waals surface area contributed by atoms with Crippen molar-refractivity contribution < 1.29 is 23.0 Å². The molecular weight excluding hydrogens is 438 g/mol. The van der Waals surface area contributed by atoms with Crippen LogP contribution in [-0.4, -0.2) is 31.6 Å². The first-order chi connectivity index (χ1) is 16.4. The van der Waals surface area contributed by atoms with E-state index in [-0.39, 0.29) is 5.56 Å². The minimum atomic E-state index is -0.928. The van der Waals surface area contributed by atoms with Crippen LogP contribution in [0, 0.1) is 11.6 Å². The van der Waals surface area contributed by atoms with Crippen molar-refractivity contribution in [2.75, 3.05) is 20.8 Å². The smallest absolute Gasteiger partial charge is 0.239 e. The van der Waals surface area contributed by atoms with Gasteiger partial charge in [0.1, 0.15) is 6.04 Å². The summed E-state index contributed by atoms with van der Waals surface area (Å²) in [6, 6.07) is 15.9. The van der Waals surface area contributed by atoms with Crippen LogP contribution in [0.15, 0.2) is 66.7 Å². The average molecular weight is 465 g/mol. The monoisotopic (exact) mass is 464 g/mol. The number of rotatable bonds is 7. The Bertz CT molecular complexity index is 1210. The van der Waals surface area contributed by atoms with Crippen molar-refractivity contribution in [1.82, 2.24) is 4.90 Å². The van der Waals surface area contributed by atoms with Gasteiger partial charge in [0.15, 0.2) is 23.1 Å². The van der Waals surface area contributed by atoms with E-state index < -0.39 is 29.6 Å². The molecule has 0 spiro atoms. The lowest BCUT2D eigenvalue weighted by Gasteiger charge is -2.40. The molecule has 4 rings (SSSR count). The van der Waals surface area contributed by atoms with Gasteiger partial charge in [-0.2, -0.15) is 0 Å². The number of halogens is 2. The van der Waals surface area contributed by atoms with E-state index in [2.05, 4.69) is 0 Å². The molecule has 1 aliphatic rings. The van der Waals surface area contributed by atoms with Gasteiger partial charge in [-0.05, 0) is 41.3 Å². The molecule has 1 amide bonds. The van der Waals surface area contributed by atoms with Crippen molar-refractivity contribution in [2.24, 2.45) is 5.73 Å². The number of primary amides is 1. The number of hydrogen-bond donors (Lipinski definition) is 1. The number of benzene rings is 3. The second kappa shape index (κ2) is 10.1. The summed E-state index contributed by atoms with van der Waals surface area (Å²) < 4.78 is 39.1. The molecule has 176 valence electrons. The number of amides is 1. The quantitative estimate of drug-likeness (QED) is 0.545. The Morgan fingerprint density at radius 2 is 1.76 bits per heavy atom. The van der Waals surface area contributed by atoms with Gasteiger partial charge in [-0.15, -0.1) is 0 Å². The lowest BCUT2D eigenvalue weighted by molar-refractivity contribution is -0.124. The maximum atomic E-state index is 14.4. The third-order valence-corrected chi connectivity index (χ3v) is 6.12. The first-order valence-electron chi connectivity index (χ1n) is 10.9. The maximum absolute atomic E-state index is 14.4. The molecule has 2 N–H and O–H groups in total. The van der Waals surface area contributed by atoms with Crippen LogP contribution in [-0.2, 0) is 11.2 Å².